The zero-order valence-corrected chi connectivity index (χ0v) is 10.5. The standard InChI is InChI=1S/C11H11BrN2O2/c1-5-3-7(12)6(2)11(15)10(5)8-4-9(13)14-16-8/h3-4,15H,1-2H3,(H2,13,14). The summed E-state index contributed by atoms with van der Waals surface area (Å²) in [5.41, 5.74) is 7.77. The normalized spacial score (nSPS) is 10.7. The van der Waals surface area contributed by atoms with Crippen molar-refractivity contribution in [3.05, 3.63) is 27.7 Å². The Morgan fingerprint density at radius 3 is 2.62 bits per heavy atom. The van der Waals surface area contributed by atoms with Crippen molar-refractivity contribution in [3.63, 3.8) is 0 Å². The van der Waals surface area contributed by atoms with Crippen molar-refractivity contribution in [1.29, 1.82) is 0 Å². The maximum absolute atomic E-state index is 10.1. The number of benzene rings is 1. The predicted octanol–water partition coefficient (Wildman–Crippen LogP) is 3.01. The molecule has 1 aromatic heterocycles. The van der Waals surface area contributed by atoms with Crippen molar-refractivity contribution in [1.82, 2.24) is 5.16 Å². The average molecular weight is 283 g/mol. The molecule has 0 radical (unpaired) electrons. The molecule has 1 aromatic carbocycles. The second kappa shape index (κ2) is 3.83. The first kappa shape index (κ1) is 11.0. The molecule has 4 nitrogen and oxygen atoms in total. The number of halogens is 1. The van der Waals surface area contributed by atoms with E-state index in [9.17, 15) is 5.11 Å². The van der Waals surface area contributed by atoms with Crippen LogP contribution in [0.2, 0.25) is 0 Å². The molecular weight excluding hydrogens is 272 g/mol. The molecule has 0 aliphatic rings. The summed E-state index contributed by atoms with van der Waals surface area (Å²) in [5, 5.41) is 13.7. The number of phenolic OH excluding ortho intramolecular Hbond substituents is 1. The van der Waals surface area contributed by atoms with Gasteiger partial charge in [0.1, 0.15) is 5.75 Å². The molecule has 0 fully saturated rings. The first-order valence-electron chi connectivity index (χ1n) is 4.72. The molecule has 0 saturated carbocycles. The molecule has 0 spiro atoms. The van der Waals surface area contributed by atoms with Crippen LogP contribution in [0.3, 0.4) is 0 Å². The van der Waals surface area contributed by atoms with Crippen LogP contribution in [-0.4, -0.2) is 10.3 Å². The summed E-state index contributed by atoms with van der Waals surface area (Å²) in [7, 11) is 0. The van der Waals surface area contributed by atoms with Gasteiger partial charge in [0, 0.05) is 16.1 Å². The summed E-state index contributed by atoms with van der Waals surface area (Å²) in [6.45, 7) is 3.71. The number of rotatable bonds is 1. The first-order valence-corrected chi connectivity index (χ1v) is 5.51. The van der Waals surface area contributed by atoms with Crippen molar-refractivity contribution in [2.75, 3.05) is 5.73 Å². The Balaban J connectivity index is 2.70. The van der Waals surface area contributed by atoms with E-state index in [0.29, 0.717) is 17.1 Å². The second-order valence-electron chi connectivity index (χ2n) is 3.64. The third-order valence-electron chi connectivity index (χ3n) is 2.46. The molecule has 2 aromatic rings. The third-order valence-corrected chi connectivity index (χ3v) is 3.29. The highest BCUT2D eigenvalue weighted by Crippen LogP contribution is 2.39. The van der Waals surface area contributed by atoms with Gasteiger partial charge in [-0.1, -0.05) is 21.1 Å². The van der Waals surface area contributed by atoms with Crippen molar-refractivity contribution in [3.8, 4) is 17.1 Å². The Hall–Kier alpha value is -1.49. The lowest BCUT2D eigenvalue weighted by Crippen LogP contribution is -1.88. The summed E-state index contributed by atoms with van der Waals surface area (Å²) in [5.74, 6) is 0.959. The fourth-order valence-electron chi connectivity index (χ4n) is 1.58. The van der Waals surface area contributed by atoms with Crippen LogP contribution in [-0.2, 0) is 0 Å². The second-order valence-corrected chi connectivity index (χ2v) is 4.49. The number of aromatic hydroxyl groups is 1. The number of aryl methyl sites for hydroxylation is 1. The van der Waals surface area contributed by atoms with Gasteiger partial charge in [-0.25, -0.2) is 0 Å². The van der Waals surface area contributed by atoms with Gasteiger partial charge in [-0.15, -0.1) is 0 Å². The zero-order valence-electron chi connectivity index (χ0n) is 8.91. The summed E-state index contributed by atoms with van der Waals surface area (Å²) in [6.07, 6.45) is 0. The topological polar surface area (TPSA) is 72.3 Å². The number of nitrogen functional groups attached to an aromatic ring is 1. The third kappa shape index (κ3) is 1.67. The van der Waals surface area contributed by atoms with Gasteiger partial charge in [0.25, 0.3) is 0 Å². The fraction of sp³-hybridized carbons (Fsp3) is 0.182. The number of nitrogens with zero attached hydrogens (tertiary/aromatic N) is 1. The van der Waals surface area contributed by atoms with E-state index in [1.54, 1.807) is 6.07 Å². The molecule has 0 unspecified atom stereocenters. The van der Waals surface area contributed by atoms with Crippen LogP contribution >= 0.6 is 15.9 Å². The lowest BCUT2D eigenvalue weighted by Gasteiger charge is -2.09. The van der Waals surface area contributed by atoms with Crippen LogP contribution in [0.5, 0.6) is 5.75 Å². The van der Waals surface area contributed by atoms with Gasteiger partial charge in [-0.05, 0) is 25.5 Å². The van der Waals surface area contributed by atoms with Crippen molar-refractivity contribution in [2.45, 2.75) is 13.8 Å². The number of anilines is 1. The zero-order chi connectivity index (χ0) is 11.9. The quantitative estimate of drug-likeness (QED) is 0.843. The smallest absolute Gasteiger partial charge is 0.173 e. The first-order chi connectivity index (χ1) is 7.50. The molecule has 0 bridgehead atoms. The Bertz CT molecular complexity index is 549. The van der Waals surface area contributed by atoms with Crippen LogP contribution < -0.4 is 5.73 Å². The highest BCUT2D eigenvalue weighted by molar-refractivity contribution is 9.10. The molecule has 84 valence electrons. The largest absolute Gasteiger partial charge is 0.507 e. The maximum atomic E-state index is 10.1. The minimum atomic E-state index is 0.183. The number of hydrogen-bond acceptors (Lipinski definition) is 4. The van der Waals surface area contributed by atoms with E-state index < -0.39 is 0 Å². The summed E-state index contributed by atoms with van der Waals surface area (Å²) in [6, 6.07) is 3.51. The van der Waals surface area contributed by atoms with Crippen LogP contribution in [0.15, 0.2) is 21.1 Å². The van der Waals surface area contributed by atoms with E-state index >= 15 is 0 Å². The number of nitrogens with two attached hydrogens (primary N) is 1. The van der Waals surface area contributed by atoms with Crippen molar-refractivity contribution in [2.24, 2.45) is 0 Å². The monoisotopic (exact) mass is 282 g/mol. The molecular formula is C11H11BrN2O2. The van der Waals surface area contributed by atoms with E-state index in [0.717, 1.165) is 15.6 Å². The van der Waals surface area contributed by atoms with Crippen LogP contribution in [0.4, 0.5) is 5.82 Å². The predicted molar refractivity (Wildman–Crippen MR) is 65.2 cm³/mol. The minimum absolute atomic E-state index is 0.183. The minimum Gasteiger partial charge on any atom is -0.507 e. The van der Waals surface area contributed by atoms with Gasteiger partial charge in [-0.2, -0.15) is 0 Å². The summed E-state index contributed by atoms with van der Waals surface area (Å²) >= 11 is 3.38. The fourth-order valence-corrected chi connectivity index (χ4v) is 2.11. The molecule has 0 atom stereocenters. The molecule has 0 saturated heterocycles. The number of hydrogen-bond donors (Lipinski definition) is 2. The molecule has 0 aliphatic heterocycles. The summed E-state index contributed by atoms with van der Waals surface area (Å²) < 4.78 is 5.92. The van der Waals surface area contributed by atoms with Crippen LogP contribution in [0.1, 0.15) is 11.1 Å². The molecule has 16 heavy (non-hydrogen) atoms. The molecule has 0 aliphatic carbocycles. The van der Waals surface area contributed by atoms with Gasteiger partial charge in [0.05, 0.1) is 5.56 Å². The average Bonchev–Trinajstić information content (AvgIpc) is 2.61. The van der Waals surface area contributed by atoms with Crippen molar-refractivity contribution >= 4 is 21.7 Å². The highest BCUT2D eigenvalue weighted by atomic mass is 79.9. The maximum Gasteiger partial charge on any atom is 0.173 e. The Morgan fingerprint density at radius 2 is 2.06 bits per heavy atom. The number of phenols is 1. The van der Waals surface area contributed by atoms with Gasteiger partial charge < -0.3 is 15.4 Å². The molecule has 0 amide bonds. The van der Waals surface area contributed by atoms with Gasteiger partial charge in [0.2, 0.25) is 0 Å². The Labute approximate surface area is 101 Å². The lowest BCUT2D eigenvalue weighted by molar-refractivity contribution is 0.428. The molecule has 3 N–H and O–H groups in total. The van der Waals surface area contributed by atoms with E-state index in [1.165, 1.54) is 0 Å². The van der Waals surface area contributed by atoms with Crippen LogP contribution in [0, 0.1) is 13.8 Å². The molecule has 2 rings (SSSR count). The SMILES string of the molecule is Cc1cc(Br)c(C)c(O)c1-c1cc(N)no1. The Kier molecular flexibility index (Phi) is 2.63. The van der Waals surface area contributed by atoms with Crippen LogP contribution in [0.25, 0.3) is 11.3 Å². The van der Waals surface area contributed by atoms with Gasteiger partial charge in [0.15, 0.2) is 11.6 Å². The van der Waals surface area contributed by atoms with E-state index in [1.807, 2.05) is 19.9 Å². The van der Waals surface area contributed by atoms with E-state index in [2.05, 4.69) is 21.1 Å². The lowest BCUT2D eigenvalue weighted by atomic mass is 10.0. The van der Waals surface area contributed by atoms with E-state index in [4.69, 9.17) is 10.3 Å². The Morgan fingerprint density at radius 1 is 1.38 bits per heavy atom. The number of aromatic nitrogens is 1. The van der Waals surface area contributed by atoms with Gasteiger partial charge >= 0.3 is 0 Å². The highest BCUT2D eigenvalue weighted by Gasteiger charge is 2.16. The van der Waals surface area contributed by atoms with Crippen molar-refractivity contribution < 1.29 is 9.63 Å². The molecule has 1 heterocycles. The summed E-state index contributed by atoms with van der Waals surface area (Å²) in [4.78, 5) is 0. The van der Waals surface area contributed by atoms with Gasteiger partial charge in [-0.3, -0.25) is 0 Å². The van der Waals surface area contributed by atoms with E-state index in [-0.39, 0.29) is 5.75 Å². The molecule has 5 heteroatoms.